The first-order chi connectivity index (χ1) is 14.4. The number of hydrogen-bond donors (Lipinski definition) is 1. The number of ether oxygens (including phenoxy) is 3. The second-order valence-corrected chi connectivity index (χ2v) is 8.35. The lowest BCUT2D eigenvalue weighted by Gasteiger charge is -2.34. The van der Waals surface area contributed by atoms with Gasteiger partial charge in [0.1, 0.15) is 5.75 Å². The Kier molecular flexibility index (Phi) is 4.43. The number of pyridine rings is 1. The first-order valence-corrected chi connectivity index (χ1v) is 10.2. The zero-order valence-electron chi connectivity index (χ0n) is 17.4. The number of methoxy groups -OCH3 is 1. The molecule has 7 heteroatoms. The van der Waals surface area contributed by atoms with Crippen molar-refractivity contribution in [1.29, 1.82) is 0 Å². The summed E-state index contributed by atoms with van der Waals surface area (Å²) in [5, 5.41) is 4.11. The molecule has 0 atom stereocenters. The van der Waals surface area contributed by atoms with Crippen molar-refractivity contribution in [1.82, 2.24) is 14.9 Å². The summed E-state index contributed by atoms with van der Waals surface area (Å²) in [6.07, 6.45) is 5.85. The second kappa shape index (κ2) is 7.02. The van der Waals surface area contributed by atoms with Crippen LogP contribution in [0.4, 0.5) is 0 Å². The van der Waals surface area contributed by atoms with Gasteiger partial charge in [0.2, 0.25) is 5.79 Å². The van der Waals surface area contributed by atoms with E-state index < -0.39 is 5.79 Å². The molecule has 1 saturated carbocycles. The molecular formula is C23H25N3O4. The van der Waals surface area contributed by atoms with Gasteiger partial charge < -0.3 is 24.1 Å². The fourth-order valence-electron chi connectivity index (χ4n) is 3.76. The molecule has 0 spiro atoms. The summed E-state index contributed by atoms with van der Waals surface area (Å²) in [7, 11) is 1.67. The van der Waals surface area contributed by atoms with Gasteiger partial charge in [-0.25, -0.2) is 4.98 Å². The van der Waals surface area contributed by atoms with Crippen LogP contribution in [0, 0.1) is 0 Å². The number of amides is 1. The summed E-state index contributed by atoms with van der Waals surface area (Å²) in [4.78, 5) is 17.2. The van der Waals surface area contributed by atoms with Crippen LogP contribution in [0.25, 0.3) is 10.9 Å². The number of nitrogens with one attached hydrogen (secondary N) is 1. The molecule has 3 aromatic rings. The minimum Gasteiger partial charge on any atom is -0.497 e. The zero-order chi connectivity index (χ0) is 20.9. The number of carbonyl (C=O) groups is 1. The van der Waals surface area contributed by atoms with E-state index in [0.29, 0.717) is 24.6 Å². The molecule has 1 amide bonds. The minimum absolute atomic E-state index is 0.184. The van der Waals surface area contributed by atoms with E-state index in [2.05, 4.69) is 20.9 Å². The lowest BCUT2D eigenvalue weighted by Crippen LogP contribution is -2.38. The first-order valence-electron chi connectivity index (χ1n) is 10.2. The van der Waals surface area contributed by atoms with Crippen molar-refractivity contribution in [3.63, 3.8) is 0 Å². The van der Waals surface area contributed by atoms with Crippen LogP contribution < -0.4 is 14.8 Å². The lowest BCUT2D eigenvalue weighted by molar-refractivity contribution is -0.180. The molecule has 30 heavy (non-hydrogen) atoms. The highest BCUT2D eigenvalue weighted by atomic mass is 16.7. The number of benzene rings is 1. The maximum atomic E-state index is 12.7. The Labute approximate surface area is 174 Å². The van der Waals surface area contributed by atoms with Crippen molar-refractivity contribution < 1.29 is 19.0 Å². The molecule has 1 aliphatic heterocycles. The van der Waals surface area contributed by atoms with E-state index >= 15 is 0 Å². The number of fused-ring (bicyclic) bond motifs is 2. The molecule has 156 valence electrons. The van der Waals surface area contributed by atoms with E-state index in [1.54, 1.807) is 13.3 Å². The number of nitrogens with zero attached hydrogens (tertiary/aromatic N) is 2. The van der Waals surface area contributed by atoms with Gasteiger partial charge in [-0.05, 0) is 42.7 Å². The fourth-order valence-corrected chi connectivity index (χ4v) is 3.76. The van der Waals surface area contributed by atoms with Crippen LogP contribution in [0.5, 0.6) is 11.5 Å². The van der Waals surface area contributed by atoms with Crippen LogP contribution in [-0.2, 0) is 17.9 Å². The van der Waals surface area contributed by atoms with Crippen LogP contribution in [0.3, 0.4) is 0 Å². The van der Waals surface area contributed by atoms with Crippen LogP contribution in [0.2, 0.25) is 0 Å². The average Bonchev–Trinajstić information content (AvgIpc) is 3.45. The zero-order valence-corrected chi connectivity index (χ0v) is 17.4. The molecule has 1 aromatic carbocycles. The van der Waals surface area contributed by atoms with Gasteiger partial charge in [0.15, 0.2) is 11.4 Å². The Morgan fingerprint density at radius 3 is 2.93 bits per heavy atom. The van der Waals surface area contributed by atoms with Gasteiger partial charge in [0, 0.05) is 55.3 Å². The molecule has 0 saturated heterocycles. The molecule has 2 aromatic heterocycles. The topological polar surface area (TPSA) is 74.6 Å². The molecule has 0 radical (unpaired) electrons. The highest BCUT2D eigenvalue weighted by molar-refractivity contribution is 5.96. The van der Waals surface area contributed by atoms with Gasteiger partial charge in [0.25, 0.3) is 5.91 Å². The van der Waals surface area contributed by atoms with Crippen LogP contribution in [0.1, 0.15) is 48.3 Å². The molecular weight excluding hydrogens is 382 g/mol. The van der Waals surface area contributed by atoms with E-state index in [1.807, 2.05) is 38.2 Å². The van der Waals surface area contributed by atoms with E-state index in [1.165, 1.54) is 0 Å². The van der Waals surface area contributed by atoms with Crippen LogP contribution in [-0.4, -0.2) is 34.4 Å². The molecule has 5 rings (SSSR count). The van der Waals surface area contributed by atoms with E-state index in [9.17, 15) is 4.79 Å². The van der Waals surface area contributed by atoms with Crippen molar-refractivity contribution in [3.05, 3.63) is 53.5 Å². The maximum absolute atomic E-state index is 12.7. The van der Waals surface area contributed by atoms with Gasteiger partial charge in [-0.2, -0.15) is 0 Å². The van der Waals surface area contributed by atoms with Gasteiger partial charge in [-0.15, -0.1) is 0 Å². The van der Waals surface area contributed by atoms with Crippen molar-refractivity contribution in [3.8, 4) is 11.5 Å². The highest BCUT2D eigenvalue weighted by Crippen LogP contribution is 2.36. The molecule has 0 unspecified atom stereocenters. The predicted octanol–water partition coefficient (Wildman–Crippen LogP) is 3.63. The summed E-state index contributed by atoms with van der Waals surface area (Å²) in [6.45, 7) is 4.66. The van der Waals surface area contributed by atoms with Gasteiger partial charge in [-0.3, -0.25) is 4.79 Å². The van der Waals surface area contributed by atoms with Gasteiger partial charge in [0.05, 0.1) is 13.7 Å². The molecule has 1 N–H and O–H groups in total. The number of rotatable bonds is 5. The Morgan fingerprint density at radius 1 is 1.33 bits per heavy atom. The molecule has 3 heterocycles. The van der Waals surface area contributed by atoms with Gasteiger partial charge >= 0.3 is 0 Å². The third-order valence-corrected chi connectivity index (χ3v) is 5.58. The van der Waals surface area contributed by atoms with Crippen molar-refractivity contribution in [2.24, 2.45) is 0 Å². The quantitative estimate of drug-likeness (QED) is 0.699. The van der Waals surface area contributed by atoms with E-state index in [-0.39, 0.29) is 11.9 Å². The smallest absolute Gasteiger partial charge is 0.273 e. The van der Waals surface area contributed by atoms with Crippen LogP contribution >= 0.6 is 0 Å². The predicted molar refractivity (Wildman–Crippen MR) is 112 cm³/mol. The van der Waals surface area contributed by atoms with Crippen molar-refractivity contribution >= 4 is 16.8 Å². The third-order valence-electron chi connectivity index (χ3n) is 5.58. The standard InChI is InChI=1S/C23H25N3O4/c1-23(2)29-13-18-15(11-24-20(21(18)30-23)22(27)25-16-4-5-16)12-26-9-8-14-10-17(28-3)6-7-19(14)26/h6-11,16H,4-5,12-13H2,1-3H3,(H,25,27). The maximum Gasteiger partial charge on any atom is 0.273 e. The SMILES string of the molecule is COc1ccc2c(ccn2Cc2cnc(C(=O)NC3CC3)c3c2COC(C)(C)O3)c1. The molecule has 0 bridgehead atoms. The summed E-state index contributed by atoms with van der Waals surface area (Å²) < 4.78 is 19.4. The highest BCUT2D eigenvalue weighted by Gasteiger charge is 2.34. The van der Waals surface area contributed by atoms with Crippen LogP contribution in [0.15, 0.2) is 36.7 Å². The molecule has 7 nitrogen and oxygen atoms in total. The fraction of sp³-hybridized carbons (Fsp3) is 0.391. The van der Waals surface area contributed by atoms with Crippen molar-refractivity contribution in [2.75, 3.05) is 7.11 Å². The Morgan fingerprint density at radius 2 is 2.17 bits per heavy atom. The minimum atomic E-state index is -0.807. The normalized spacial score (nSPS) is 17.3. The summed E-state index contributed by atoms with van der Waals surface area (Å²) >= 11 is 0. The molecule has 1 fully saturated rings. The van der Waals surface area contributed by atoms with Gasteiger partial charge in [-0.1, -0.05) is 0 Å². The second-order valence-electron chi connectivity index (χ2n) is 8.35. The van der Waals surface area contributed by atoms with E-state index in [0.717, 1.165) is 40.6 Å². The monoisotopic (exact) mass is 407 g/mol. The number of aromatic nitrogens is 2. The Balaban J connectivity index is 1.52. The Bertz CT molecular complexity index is 1130. The summed E-state index contributed by atoms with van der Waals surface area (Å²) in [6, 6.07) is 8.32. The number of hydrogen-bond acceptors (Lipinski definition) is 5. The average molecular weight is 407 g/mol. The summed E-state index contributed by atoms with van der Waals surface area (Å²) in [5.41, 5.74) is 3.27. The Hall–Kier alpha value is -3.06. The largest absolute Gasteiger partial charge is 0.497 e. The lowest BCUT2D eigenvalue weighted by atomic mass is 10.1. The molecule has 2 aliphatic rings. The first kappa shape index (κ1) is 18.9. The third kappa shape index (κ3) is 3.50. The van der Waals surface area contributed by atoms with E-state index in [4.69, 9.17) is 14.2 Å². The number of carbonyl (C=O) groups excluding carboxylic acids is 1. The van der Waals surface area contributed by atoms with Crippen molar-refractivity contribution in [2.45, 2.75) is 51.7 Å². The summed E-state index contributed by atoms with van der Waals surface area (Å²) in [5.74, 6) is 0.365. The molecule has 1 aliphatic carbocycles.